The smallest absolute Gasteiger partial charge is 0.396 e. The molecule has 0 aromatic heterocycles. The highest BCUT2D eigenvalue weighted by molar-refractivity contribution is 6.31. The van der Waals surface area contributed by atoms with Gasteiger partial charge in [-0.3, -0.25) is 4.79 Å². The van der Waals surface area contributed by atoms with Crippen LogP contribution in [0.15, 0.2) is 60.7 Å². The summed E-state index contributed by atoms with van der Waals surface area (Å²) >= 11 is 0. The van der Waals surface area contributed by atoms with Gasteiger partial charge in [0.05, 0.1) is 11.4 Å². The fourth-order valence-corrected chi connectivity index (χ4v) is 2.36. The summed E-state index contributed by atoms with van der Waals surface area (Å²) in [7, 11) is 0. The Hall–Kier alpha value is -2.86. The van der Waals surface area contributed by atoms with Crippen molar-refractivity contribution in [2.24, 2.45) is 0 Å². The average Bonchev–Trinajstić information content (AvgIpc) is 2.60. The highest BCUT2D eigenvalue weighted by Crippen LogP contribution is 2.28. The van der Waals surface area contributed by atoms with Gasteiger partial charge in [-0.15, -0.1) is 0 Å². The van der Waals surface area contributed by atoms with E-state index >= 15 is 0 Å². The van der Waals surface area contributed by atoms with E-state index in [1.807, 2.05) is 36.4 Å². The van der Waals surface area contributed by atoms with Gasteiger partial charge in [0, 0.05) is 6.61 Å². The van der Waals surface area contributed by atoms with Gasteiger partial charge in [0.1, 0.15) is 6.23 Å². The van der Waals surface area contributed by atoms with Crippen LogP contribution in [0.5, 0.6) is 0 Å². The second-order valence-electron chi connectivity index (χ2n) is 4.99. The lowest BCUT2D eigenvalue weighted by Crippen LogP contribution is -2.52. The van der Waals surface area contributed by atoms with Crippen LogP contribution in [-0.2, 0) is 14.3 Å². The number of carbonyl (C=O) groups excluding carboxylic acids is 1. The van der Waals surface area contributed by atoms with Crippen molar-refractivity contribution in [3.8, 4) is 0 Å². The quantitative estimate of drug-likeness (QED) is 0.501. The van der Waals surface area contributed by atoms with Crippen molar-refractivity contribution in [3.63, 3.8) is 0 Å². The van der Waals surface area contributed by atoms with E-state index in [0.717, 1.165) is 5.01 Å². The van der Waals surface area contributed by atoms with Gasteiger partial charge in [0.2, 0.25) is 0 Å². The standard InChI is InChI=1S/C18H20N2O4/c1-3-24-14(2)19(17(21)18(22)23)20(15-10-6-4-7-11-15)16-12-8-5-9-13-16/h4-14H,3H2,1-2H3,(H,22,23). The lowest BCUT2D eigenvalue weighted by molar-refractivity contribution is -0.163. The van der Waals surface area contributed by atoms with Crippen molar-refractivity contribution in [2.75, 3.05) is 11.6 Å². The van der Waals surface area contributed by atoms with Gasteiger partial charge in [-0.2, -0.15) is 0 Å². The predicted molar refractivity (Wildman–Crippen MR) is 90.6 cm³/mol. The predicted octanol–water partition coefficient (Wildman–Crippen LogP) is 3.04. The molecule has 2 aromatic rings. The Kier molecular flexibility index (Phi) is 5.92. The number of amides is 1. The van der Waals surface area contributed by atoms with Crippen molar-refractivity contribution in [1.82, 2.24) is 5.01 Å². The van der Waals surface area contributed by atoms with E-state index in [0.29, 0.717) is 18.0 Å². The third kappa shape index (κ3) is 3.91. The second-order valence-corrected chi connectivity index (χ2v) is 4.99. The van der Waals surface area contributed by atoms with E-state index in [1.165, 1.54) is 0 Å². The van der Waals surface area contributed by atoms with Crippen LogP contribution in [0.3, 0.4) is 0 Å². The molecule has 6 heteroatoms. The number of carboxylic acid groups (broad SMARTS) is 1. The van der Waals surface area contributed by atoms with Crippen LogP contribution in [0.4, 0.5) is 11.4 Å². The Morgan fingerprint density at radius 3 is 1.83 bits per heavy atom. The molecule has 24 heavy (non-hydrogen) atoms. The van der Waals surface area contributed by atoms with E-state index in [1.54, 1.807) is 43.1 Å². The van der Waals surface area contributed by atoms with E-state index in [4.69, 9.17) is 4.74 Å². The Balaban J connectivity index is 2.56. The summed E-state index contributed by atoms with van der Waals surface area (Å²) < 4.78 is 5.50. The summed E-state index contributed by atoms with van der Waals surface area (Å²) in [4.78, 5) is 23.7. The van der Waals surface area contributed by atoms with Gasteiger partial charge in [0.25, 0.3) is 0 Å². The van der Waals surface area contributed by atoms with Crippen LogP contribution < -0.4 is 5.01 Å². The summed E-state index contributed by atoms with van der Waals surface area (Å²) in [6.07, 6.45) is -0.751. The van der Waals surface area contributed by atoms with Gasteiger partial charge in [-0.25, -0.2) is 14.8 Å². The van der Waals surface area contributed by atoms with Crippen LogP contribution in [0.1, 0.15) is 13.8 Å². The maximum Gasteiger partial charge on any atom is 0.396 e. The molecule has 0 saturated carbocycles. The summed E-state index contributed by atoms with van der Waals surface area (Å²) in [5, 5.41) is 11.9. The minimum absolute atomic E-state index is 0.349. The van der Waals surface area contributed by atoms with Gasteiger partial charge < -0.3 is 9.84 Å². The number of nitrogens with zero attached hydrogens (tertiary/aromatic N) is 2. The second kappa shape index (κ2) is 8.12. The van der Waals surface area contributed by atoms with Crippen LogP contribution >= 0.6 is 0 Å². The Bertz CT molecular complexity index is 636. The van der Waals surface area contributed by atoms with Crippen LogP contribution in [0.25, 0.3) is 0 Å². The van der Waals surface area contributed by atoms with Gasteiger partial charge in [0.15, 0.2) is 0 Å². The third-order valence-electron chi connectivity index (χ3n) is 3.36. The molecule has 0 radical (unpaired) electrons. The molecule has 2 rings (SSSR count). The van der Waals surface area contributed by atoms with Crippen molar-refractivity contribution in [3.05, 3.63) is 60.7 Å². The minimum atomic E-state index is -1.54. The molecule has 0 aliphatic rings. The molecule has 2 aromatic carbocycles. The zero-order chi connectivity index (χ0) is 17.5. The van der Waals surface area contributed by atoms with Gasteiger partial charge >= 0.3 is 11.9 Å². The molecule has 0 heterocycles. The number of hydrogen-bond acceptors (Lipinski definition) is 4. The fourth-order valence-electron chi connectivity index (χ4n) is 2.36. The number of hydrazine groups is 1. The molecule has 0 spiro atoms. The first kappa shape index (κ1) is 17.5. The monoisotopic (exact) mass is 328 g/mol. The van der Waals surface area contributed by atoms with E-state index in [9.17, 15) is 14.7 Å². The van der Waals surface area contributed by atoms with Crippen LogP contribution in [-0.4, -0.2) is 34.8 Å². The number of benzene rings is 2. The lowest BCUT2D eigenvalue weighted by Gasteiger charge is -2.38. The average molecular weight is 328 g/mol. The Morgan fingerprint density at radius 1 is 1.00 bits per heavy atom. The molecule has 0 fully saturated rings. The lowest BCUT2D eigenvalue weighted by atomic mass is 10.2. The zero-order valence-electron chi connectivity index (χ0n) is 13.6. The number of aliphatic carboxylic acids is 1. The van der Waals surface area contributed by atoms with E-state index < -0.39 is 18.1 Å². The van der Waals surface area contributed by atoms with E-state index in [2.05, 4.69) is 0 Å². The molecular formula is C18H20N2O4. The molecule has 0 bridgehead atoms. The van der Waals surface area contributed by atoms with Crippen molar-refractivity contribution >= 4 is 23.3 Å². The Labute approximate surface area is 140 Å². The highest BCUT2D eigenvalue weighted by Gasteiger charge is 2.33. The molecule has 1 atom stereocenters. The number of anilines is 2. The van der Waals surface area contributed by atoms with Crippen molar-refractivity contribution < 1.29 is 19.4 Å². The highest BCUT2D eigenvalue weighted by atomic mass is 16.5. The number of hydrogen-bond donors (Lipinski definition) is 1. The van der Waals surface area contributed by atoms with Crippen molar-refractivity contribution in [2.45, 2.75) is 20.1 Å². The molecule has 0 aliphatic carbocycles. The van der Waals surface area contributed by atoms with E-state index in [-0.39, 0.29) is 0 Å². The number of para-hydroxylation sites is 2. The van der Waals surface area contributed by atoms with Crippen LogP contribution in [0, 0.1) is 0 Å². The number of carbonyl (C=O) groups is 2. The first-order valence-electron chi connectivity index (χ1n) is 7.64. The first-order valence-corrected chi connectivity index (χ1v) is 7.64. The summed E-state index contributed by atoms with van der Waals surface area (Å²) in [6.45, 7) is 3.78. The molecule has 1 unspecified atom stereocenters. The fraction of sp³-hybridized carbons (Fsp3) is 0.222. The normalized spacial score (nSPS) is 11.6. The van der Waals surface area contributed by atoms with Gasteiger partial charge in [-0.1, -0.05) is 36.4 Å². The third-order valence-corrected chi connectivity index (χ3v) is 3.36. The first-order chi connectivity index (χ1) is 11.6. The molecule has 0 saturated heterocycles. The zero-order valence-corrected chi connectivity index (χ0v) is 13.6. The number of ether oxygens (including phenoxy) is 1. The topological polar surface area (TPSA) is 70.1 Å². The number of carboxylic acids is 1. The maximum atomic E-state index is 12.4. The SMILES string of the molecule is CCOC(C)N(C(=O)C(=O)O)N(c1ccccc1)c1ccccc1. The maximum absolute atomic E-state index is 12.4. The molecule has 6 nitrogen and oxygen atoms in total. The molecule has 1 amide bonds. The summed E-state index contributed by atoms with van der Waals surface area (Å²) in [5.74, 6) is -2.61. The van der Waals surface area contributed by atoms with Gasteiger partial charge in [-0.05, 0) is 38.1 Å². The van der Waals surface area contributed by atoms with Crippen LogP contribution in [0.2, 0.25) is 0 Å². The molecule has 0 aliphatic heterocycles. The summed E-state index contributed by atoms with van der Waals surface area (Å²) in [6, 6.07) is 18.2. The van der Waals surface area contributed by atoms with Crippen molar-refractivity contribution in [1.29, 1.82) is 0 Å². The Morgan fingerprint density at radius 2 is 1.46 bits per heavy atom. The molecular weight excluding hydrogens is 308 g/mol. The summed E-state index contributed by atoms with van der Waals surface area (Å²) in [5.41, 5.74) is 1.31. The largest absolute Gasteiger partial charge is 0.474 e. The minimum Gasteiger partial charge on any atom is -0.474 e. The number of rotatable bonds is 6. The molecule has 1 N–H and O–H groups in total. The molecule has 126 valence electrons.